The van der Waals surface area contributed by atoms with Crippen LogP contribution in [0.2, 0.25) is 0 Å². The van der Waals surface area contributed by atoms with Crippen LogP contribution in [0.15, 0.2) is 24.3 Å². The molecule has 112 valence electrons. The summed E-state index contributed by atoms with van der Waals surface area (Å²) < 4.78 is 28.2. The number of rotatable bonds is 5. The molecule has 1 aliphatic heterocycles. The smallest absolute Gasteiger partial charge is 0.152 e. The van der Waals surface area contributed by atoms with Gasteiger partial charge in [0.1, 0.15) is 5.75 Å². The molecule has 0 amide bonds. The summed E-state index contributed by atoms with van der Waals surface area (Å²) >= 11 is 0. The van der Waals surface area contributed by atoms with Crippen molar-refractivity contribution < 1.29 is 18.3 Å². The van der Waals surface area contributed by atoms with Gasteiger partial charge in [-0.25, -0.2) is 8.42 Å². The molecule has 1 aromatic rings. The predicted octanol–water partition coefficient (Wildman–Crippen LogP) is 0.895. The van der Waals surface area contributed by atoms with Gasteiger partial charge in [-0.1, -0.05) is 12.1 Å². The SMILES string of the molecule is COc1cccc(C(O)CNC2(C)CCS(=O)(=O)C2)c1. The van der Waals surface area contributed by atoms with Crippen LogP contribution in [0.4, 0.5) is 0 Å². The molecule has 0 bridgehead atoms. The lowest BCUT2D eigenvalue weighted by Gasteiger charge is -2.26. The third kappa shape index (κ3) is 3.71. The number of hydrogen-bond acceptors (Lipinski definition) is 5. The van der Waals surface area contributed by atoms with Crippen molar-refractivity contribution in [1.82, 2.24) is 5.32 Å². The molecule has 5 nitrogen and oxygen atoms in total. The lowest BCUT2D eigenvalue weighted by Crippen LogP contribution is -2.45. The first kappa shape index (κ1) is 15.3. The van der Waals surface area contributed by atoms with E-state index in [4.69, 9.17) is 4.74 Å². The lowest BCUT2D eigenvalue weighted by molar-refractivity contribution is 0.161. The average Bonchev–Trinajstić information content (AvgIpc) is 2.71. The molecule has 2 unspecified atom stereocenters. The Morgan fingerprint density at radius 3 is 2.85 bits per heavy atom. The summed E-state index contributed by atoms with van der Waals surface area (Å²) in [5.41, 5.74) is 0.305. The second-order valence-electron chi connectivity index (χ2n) is 5.58. The summed E-state index contributed by atoms with van der Waals surface area (Å²) in [4.78, 5) is 0. The fourth-order valence-electron chi connectivity index (χ4n) is 2.46. The Bertz CT molecular complexity index is 572. The van der Waals surface area contributed by atoms with Crippen molar-refractivity contribution in [2.75, 3.05) is 25.2 Å². The van der Waals surface area contributed by atoms with Crippen LogP contribution < -0.4 is 10.1 Å². The molecule has 0 aromatic heterocycles. The Labute approximate surface area is 119 Å². The van der Waals surface area contributed by atoms with Crippen LogP contribution in [-0.4, -0.2) is 44.2 Å². The Morgan fingerprint density at radius 1 is 1.50 bits per heavy atom. The molecule has 0 aliphatic carbocycles. The number of aliphatic hydroxyl groups excluding tert-OH is 1. The molecular formula is C14H21NO4S. The summed E-state index contributed by atoms with van der Waals surface area (Å²) in [5.74, 6) is 1.03. The molecule has 20 heavy (non-hydrogen) atoms. The summed E-state index contributed by atoms with van der Waals surface area (Å²) in [6, 6.07) is 7.23. The maximum atomic E-state index is 11.5. The van der Waals surface area contributed by atoms with Crippen LogP contribution in [0.25, 0.3) is 0 Å². The quantitative estimate of drug-likeness (QED) is 0.845. The number of β-amino-alcohol motifs (C(OH)–C–C–N with tert-alkyl or cyclic N) is 1. The van der Waals surface area contributed by atoms with E-state index in [-0.39, 0.29) is 11.5 Å². The van der Waals surface area contributed by atoms with E-state index in [1.54, 1.807) is 13.2 Å². The highest BCUT2D eigenvalue weighted by Gasteiger charge is 2.38. The minimum absolute atomic E-state index is 0.130. The van der Waals surface area contributed by atoms with Crippen LogP contribution in [0, 0.1) is 0 Å². The molecular weight excluding hydrogens is 278 g/mol. The Kier molecular flexibility index (Phi) is 4.36. The summed E-state index contributed by atoms with van der Waals surface area (Å²) in [6.07, 6.45) is -0.106. The van der Waals surface area contributed by atoms with Crippen molar-refractivity contribution in [3.63, 3.8) is 0 Å². The topological polar surface area (TPSA) is 75.6 Å². The van der Waals surface area contributed by atoms with Crippen molar-refractivity contribution in [2.45, 2.75) is 25.0 Å². The van der Waals surface area contributed by atoms with Crippen LogP contribution >= 0.6 is 0 Å². The van der Waals surface area contributed by atoms with E-state index < -0.39 is 21.5 Å². The minimum atomic E-state index is -2.94. The van der Waals surface area contributed by atoms with E-state index in [1.165, 1.54) is 0 Å². The van der Waals surface area contributed by atoms with Crippen molar-refractivity contribution in [2.24, 2.45) is 0 Å². The zero-order valence-corrected chi connectivity index (χ0v) is 12.6. The number of sulfone groups is 1. The first-order chi connectivity index (χ1) is 9.34. The number of benzene rings is 1. The molecule has 1 heterocycles. The fourth-order valence-corrected chi connectivity index (χ4v) is 4.58. The predicted molar refractivity (Wildman–Crippen MR) is 77.6 cm³/mol. The third-order valence-electron chi connectivity index (χ3n) is 3.70. The van der Waals surface area contributed by atoms with E-state index in [9.17, 15) is 13.5 Å². The highest BCUT2D eigenvalue weighted by atomic mass is 32.2. The van der Waals surface area contributed by atoms with Gasteiger partial charge in [-0.15, -0.1) is 0 Å². The van der Waals surface area contributed by atoms with Gasteiger partial charge in [0.15, 0.2) is 9.84 Å². The number of nitrogens with one attached hydrogen (secondary N) is 1. The summed E-state index contributed by atoms with van der Waals surface area (Å²) in [6.45, 7) is 2.20. The Balaban J connectivity index is 1.97. The Morgan fingerprint density at radius 2 is 2.25 bits per heavy atom. The molecule has 1 saturated heterocycles. The Hall–Kier alpha value is -1.11. The van der Waals surface area contributed by atoms with Crippen molar-refractivity contribution in [3.05, 3.63) is 29.8 Å². The van der Waals surface area contributed by atoms with Crippen LogP contribution in [-0.2, 0) is 9.84 Å². The third-order valence-corrected chi connectivity index (χ3v) is 5.61. The molecule has 1 fully saturated rings. The van der Waals surface area contributed by atoms with E-state index in [2.05, 4.69) is 5.32 Å². The molecule has 0 radical (unpaired) electrons. The monoisotopic (exact) mass is 299 g/mol. The molecule has 2 atom stereocenters. The minimum Gasteiger partial charge on any atom is -0.497 e. The van der Waals surface area contributed by atoms with Gasteiger partial charge >= 0.3 is 0 Å². The van der Waals surface area contributed by atoms with Gasteiger partial charge in [0.25, 0.3) is 0 Å². The van der Waals surface area contributed by atoms with E-state index >= 15 is 0 Å². The maximum Gasteiger partial charge on any atom is 0.152 e. The van der Waals surface area contributed by atoms with Gasteiger partial charge in [0, 0.05) is 12.1 Å². The van der Waals surface area contributed by atoms with E-state index in [0.717, 1.165) is 5.56 Å². The molecule has 0 saturated carbocycles. The van der Waals surface area contributed by atoms with Crippen molar-refractivity contribution in [1.29, 1.82) is 0 Å². The highest BCUT2D eigenvalue weighted by molar-refractivity contribution is 7.91. The lowest BCUT2D eigenvalue weighted by atomic mass is 10.0. The first-order valence-electron chi connectivity index (χ1n) is 6.61. The first-order valence-corrected chi connectivity index (χ1v) is 8.43. The number of methoxy groups -OCH3 is 1. The molecule has 1 aromatic carbocycles. The zero-order chi connectivity index (χ0) is 14.8. The molecule has 1 aliphatic rings. The number of aliphatic hydroxyl groups is 1. The van der Waals surface area contributed by atoms with E-state index in [1.807, 2.05) is 25.1 Å². The highest BCUT2D eigenvalue weighted by Crippen LogP contribution is 2.24. The van der Waals surface area contributed by atoms with Crippen LogP contribution in [0.3, 0.4) is 0 Å². The number of ether oxygens (including phenoxy) is 1. The van der Waals surface area contributed by atoms with E-state index in [0.29, 0.717) is 18.7 Å². The van der Waals surface area contributed by atoms with Crippen LogP contribution in [0.1, 0.15) is 25.0 Å². The van der Waals surface area contributed by atoms with Gasteiger partial charge in [0.05, 0.1) is 24.7 Å². The largest absolute Gasteiger partial charge is 0.497 e. The normalized spacial score (nSPS) is 26.4. The maximum absolute atomic E-state index is 11.5. The van der Waals surface area contributed by atoms with Gasteiger partial charge in [0.2, 0.25) is 0 Å². The molecule has 6 heteroatoms. The second kappa shape index (κ2) is 5.71. The van der Waals surface area contributed by atoms with Crippen LogP contribution in [0.5, 0.6) is 5.75 Å². The van der Waals surface area contributed by atoms with Gasteiger partial charge < -0.3 is 15.2 Å². The molecule has 2 rings (SSSR count). The molecule has 2 N–H and O–H groups in total. The second-order valence-corrected chi connectivity index (χ2v) is 7.76. The summed E-state index contributed by atoms with van der Waals surface area (Å²) in [7, 11) is -1.36. The summed E-state index contributed by atoms with van der Waals surface area (Å²) in [5, 5.41) is 13.4. The van der Waals surface area contributed by atoms with Crippen molar-refractivity contribution in [3.8, 4) is 5.75 Å². The average molecular weight is 299 g/mol. The molecule has 0 spiro atoms. The van der Waals surface area contributed by atoms with Gasteiger partial charge in [-0.05, 0) is 31.0 Å². The fraction of sp³-hybridized carbons (Fsp3) is 0.571. The van der Waals surface area contributed by atoms with Gasteiger partial charge in [-0.2, -0.15) is 0 Å². The zero-order valence-electron chi connectivity index (χ0n) is 11.8. The van der Waals surface area contributed by atoms with Crippen molar-refractivity contribution >= 4 is 9.84 Å². The van der Waals surface area contributed by atoms with Gasteiger partial charge in [-0.3, -0.25) is 0 Å². The standard InChI is InChI=1S/C14H21NO4S/c1-14(6-7-20(17,18)10-14)15-9-13(16)11-4-3-5-12(8-11)19-2/h3-5,8,13,15-16H,6-7,9-10H2,1-2H3. The number of hydrogen-bond donors (Lipinski definition) is 2.